The van der Waals surface area contributed by atoms with E-state index in [0.717, 1.165) is 19.0 Å². The van der Waals surface area contributed by atoms with Gasteiger partial charge in [-0.25, -0.2) is 0 Å². The molecule has 3 nitrogen and oxygen atoms in total. The predicted octanol–water partition coefficient (Wildman–Crippen LogP) is 1.58. The summed E-state index contributed by atoms with van der Waals surface area (Å²) in [5.74, 6) is 1.70. The number of nitrogens with one attached hydrogen (secondary N) is 1. The molecule has 2 bridgehead atoms. The minimum Gasteiger partial charge on any atom is -0.469 e. The van der Waals surface area contributed by atoms with E-state index < -0.39 is 0 Å². The van der Waals surface area contributed by atoms with Crippen molar-refractivity contribution < 1.29 is 9.53 Å². The zero-order valence-electron chi connectivity index (χ0n) is 10.00. The van der Waals surface area contributed by atoms with E-state index in [1.54, 1.807) is 0 Å². The summed E-state index contributed by atoms with van der Waals surface area (Å²) in [5, 5.41) is 3.41. The lowest BCUT2D eigenvalue weighted by Gasteiger charge is -2.51. The van der Waals surface area contributed by atoms with Crippen LogP contribution >= 0.6 is 0 Å². The zero-order valence-corrected chi connectivity index (χ0v) is 10.00. The van der Waals surface area contributed by atoms with Gasteiger partial charge in [-0.1, -0.05) is 0 Å². The number of methoxy groups -OCH3 is 1. The number of carbonyl (C=O) groups is 1. The van der Waals surface area contributed by atoms with Crippen LogP contribution in [0.2, 0.25) is 0 Å². The van der Waals surface area contributed by atoms with Gasteiger partial charge in [-0.2, -0.15) is 0 Å². The molecule has 3 heteroatoms. The second-order valence-corrected chi connectivity index (χ2v) is 5.76. The van der Waals surface area contributed by atoms with E-state index >= 15 is 0 Å². The van der Waals surface area contributed by atoms with E-state index in [0.29, 0.717) is 11.3 Å². The number of carbonyl (C=O) groups excluding carboxylic acids is 1. The molecule has 1 heterocycles. The van der Waals surface area contributed by atoms with Crippen molar-refractivity contribution in [2.24, 2.45) is 23.2 Å². The van der Waals surface area contributed by atoms with Gasteiger partial charge in [-0.05, 0) is 62.4 Å². The van der Waals surface area contributed by atoms with Gasteiger partial charge < -0.3 is 10.1 Å². The summed E-state index contributed by atoms with van der Waals surface area (Å²) in [6.07, 6.45) is 6.31. The Balaban J connectivity index is 1.78. The van der Waals surface area contributed by atoms with Crippen LogP contribution in [0.5, 0.6) is 0 Å². The van der Waals surface area contributed by atoms with Crippen molar-refractivity contribution in [2.75, 3.05) is 20.2 Å². The van der Waals surface area contributed by atoms with Crippen LogP contribution in [-0.4, -0.2) is 26.2 Å². The van der Waals surface area contributed by atoms with Gasteiger partial charge in [0.1, 0.15) is 0 Å². The molecule has 0 spiro atoms. The summed E-state index contributed by atoms with van der Waals surface area (Å²) in [7, 11) is 1.54. The second kappa shape index (κ2) is 3.73. The lowest BCUT2D eigenvalue weighted by atomic mass is 9.53. The van der Waals surface area contributed by atoms with E-state index in [1.807, 2.05) is 0 Å². The summed E-state index contributed by atoms with van der Waals surface area (Å²) in [6.45, 7) is 2.26. The number of hydrogen-bond acceptors (Lipinski definition) is 3. The Morgan fingerprint density at radius 3 is 2.69 bits per heavy atom. The van der Waals surface area contributed by atoms with Crippen molar-refractivity contribution in [3.8, 4) is 0 Å². The van der Waals surface area contributed by atoms with E-state index in [2.05, 4.69) is 5.32 Å². The molecule has 3 aliphatic carbocycles. The SMILES string of the molecule is COC(=O)C1C2CCC1(C1CCNCC1)C2. The minimum atomic E-state index is 0.0623. The Hall–Kier alpha value is -0.570. The van der Waals surface area contributed by atoms with E-state index in [9.17, 15) is 4.79 Å². The standard InChI is InChI=1S/C13H21NO2/c1-16-12(15)11-9-2-5-13(11,8-9)10-3-6-14-7-4-10/h9-11,14H,2-8H2,1H3. The Morgan fingerprint density at radius 2 is 2.06 bits per heavy atom. The quantitative estimate of drug-likeness (QED) is 0.722. The molecular weight excluding hydrogens is 202 g/mol. The number of fused-ring (bicyclic) bond motifs is 1. The maximum atomic E-state index is 11.9. The summed E-state index contributed by atoms with van der Waals surface area (Å²) >= 11 is 0. The van der Waals surface area contributed by atoms with Gasteiger partial charge in [0.15, 0.2) is 0 Å². The molecule has 1 N–H and O–H groups in total. The van der Waals surface area contributed by atoms with Crippen LogP contribution in [0.25, 0.3) is 0 Å². The Kier molecular flexibility index (Phi) is 2.46. The fourth-order valence-corrected chi connectivity index (χ4v) is 4.60. The topological polar surface area (TPSA) is 38.3 Å². The summed E-state index contributed by atoms with van der Waals surface area (Å²) < 4.78 is 5.00. The number of ether oxygens (including phenoxy) is 1. The van der Waals surface area contributed by atoms with Crippen LogP contribution in [0.15, 0.2) is 0 Å². The molecule has 4 aliphatic rings. The van der Waals surface area contributed by atoms with Crippen LogP contribution in [0.4, 0.5) is 0 Å². The van der Waals surface area contributed by atoms with Gasteiger partial charge in [0.25, 0.3) is 0 Å². The number of rotatable bonds is 2. The maximum absolute atomic E-state index is 11.9. The first-order valence-corrected chi connectivity index (χ1v) is 6.56. The van der Waals surface area contributed by atoms with Gasteiger partial charge in [-0.15, -0.1) is 0 Å². The smallest absolute Gasteiger partial charge is 0.309 e. The van der Waals surface area contributed by atoms with E-state index in [-0.39, 0.29) is 11.9 Å². The molecule has 90 valence electrons. The average molecular weight is 223 g/mol. The third-order valence-electron chi connectivity index (χ3n) is 5.32. The van der Waals surface area contributed by atoms with Gasteiger partial charge in [0.2, 0.25) is 0 Å². The third-order valence-corrected chi connectivity index (χ3v) is 5.32. The van der Waals surface area contributed by atoms with Crippen LogP contribution in [0, 0.1) is 23.2 Å². The molecule has 4 fully saturated rings. The van der Waals surface area contributed by atoms with Crippen molar-refractivity contribution in [1.82, 2.24) is 5.32 Å². The fourth-order valence-electron chi connectivity index (χ4n) is 4.60. The molecule has 3 atom stereocenters. The van der Waals surface area contributed by atoms with Crippen molar-refractivity contribution in [3.05, 3.63) is 0 Å². The Bertz CT molecular complexity index is 294. The number of hydrogen-bond donors (Lipinski definition) is 1. The largest absolute Gasteiger partial charge is 0.469 e. The van der Waals surface area contributed by atoms with Gasteiger partial charge in [0, 0.05) is 0 Å². The first-order chi connectivity index (χ1) is 7.78. The molecule has 0 aromatic rings. The highest BCUT2D eigenvalue weighted by atomic mass is 16.5. The fraction of sp³-hybridized carbons (Fsp3) is 0.923. The van der Waals surface area contributed by atoms with E-state index in [4.69, 9.17) is 4.74 Å². The summed E-state index contributed by atoms with van der Waals surface area (Å²) in [5.41, 5.74) is 0.333. The predicted molar refractivity (Wildman–Crippen MR) is 60.9 cm³/mol. The average Bonchev–Trinajstić information content (AvgIpc) is 2.89. The molecule has 0 amide bonds. The molecular formula is C13H21NO2. The first-order valence-electron chi connectivity index (χ1n) is 6.56. The van der Waals surface area contributed by atoms with Gasteiger partial charge in [0.05, 0.1) is 13.0 Å². The molecule has 0 aromatic carbocycles. The molecule has 0 aromatic heterocycles. The normalized spacial score (nSPS) is 42.8. The Labute approximate surface area is 96.9 Å². The maximum Gasteiger partial charge on any atom is 0.309 e. The van der Waals surface area contributed by atoms with E-state index in [1.165, 1.54) is 39.2 Å². The van der Waals surface area contributed by atoms with Crippen molar-refractivity contribution >= 4 is 5.97 Å². The highest BCUT2D eigenvalue weighted by Gasteiger charge is 2.65. The molecule has 1 aliphatic heterocycles. The zero-order chi connectivity index (χ0) is 11.2. The van der Waals surface area contributed by atoms with Gasteiger partial charge >= 0.3 is 5.97 Å². The van der Waals surface area contributed by atoms with Crippen molar-refractivity contribution in [2.45, 2.75) is 32.1 Å². The highest BCUT2D eigenvalue weighted by molar-refractivity contribution is 5.75. The van der Waals surface area contributed by atoms with Crippen LogP contribution < -0.4 is 5.32 Å². The van der Waals surface area contributed by atoms with Gasteiger partial charge in [-0.3, -0.25) is 4.79 Å². The van der Waals surface area contributed by atoms with Crippen molar-refractivity contribution in [1.29, 1.82) is 0 Å². The first kappa shape index (κ1) is 10.6. The molecule has 4 rings (SSSR count). The molecule has 3 unspecified atom stereocenters. The highest BCUT2D eigenvalue weighted by Crippen LogP contribution is 2.68. The molecule has 16 heavy (non-hydrogen) atoms. The number of piperidine rings is 1. The second-order valence-electron chi connectivity index (χ2n) is 5.76. The lowest BCUT2D eigenvalue weighted by Crippen LogP contribution is -2.52. The molecule has 1 saturated heterocycles. The Morgan fingerprint density at radius 1 is 1.31 bits per heavy atom. The van der Waals surface area contributed by atoms with Crippen LogP contribution in [0.1, 0.15) is 32.1 Å². The van der Waals surface area contributed by atoms with Crippen LogP contribution in [-0.2, 0) is 9.53 Å². The minimum absolute atomic E-state index is 0.0623. The summed E-state index contributed by atoms with van der Waals surface area (Å²) in [6, 6.07) is 0. The van der Waals surface area contributed by atoms with Crippen molar-refractivity contribution in [3.63, 3.8) is 0 Å². The summed E-state index contributed by atoms with van der Waals surface area (Å²) in [4.78, 5) is 11.9. The monoisotopic (exact) mass is 223 g/mol. The van der Waals surface area contributed by atoms with Crippen LogP contribution in [0.3, 0.4) is 0 Å². The number of esters is 1. The molecule has 0 radical (unpaired) electrons. The lowest BCUT2D eigenvalue weighted by molar-refractivity contribution is -0.164. The molecule has 3 saturated carbocycles. The third kappa shape index (κ3) is 1.27.